The summed E-state index contributed by atoms with van der Waals surface area (Å²) in [5.41, 5.74) is 1.15. The van der Waals surface area contributed by atoms with Crippen LogP contribution in [0.2, 0.25) is 0 Å². The first-order valence-electron chi connectivity index (χ1n) is 6.95. The van der Waals surface area contributed by atoms with Crippen LogP contribution in [0.3, 0.4) is 0 Å². The number of carbonyl (C=O) groups is 1. The van der Waals surface area contributed by atoms with Crippen molar-refractivity contribution in [3.63, 3.8) is 0 Å². The molecule has 104 valence electrons. The lowest BCUT2D eigenvalue weighted by atomic mass is 10.1. The Kier molecular flexibility index (Phi) is 5.07. The fourth-order valence-corrected chi connectivity index (χ4v) is 2.02. The number of rotatable bonds is 6. The quantitative estimate of drug-likeness (QED) is 0.856. The summed E-state index contributed by atoms with van der Waals surface area (Å²) >= 11 is 0. The summed E-state index contributed by atoms with van der Waals surface area (Å²) in [4.78, 5) is 11.5. The van der Waals surface area contributed by atoms with Crippen molar-refractivity contribution >= 4 is 5.91 Å². The summed E-state index contributed by atoms with van der Waals surface area (Å²) in [5, 5.41) is 2.94. The zero-order chi connectivity index (χ0) is 13.5. The van der Waals surface area contributed by atoms with Crippen molar-refractivity contribution < 1.29 is 14.3 Å². The lowest BCUT2D eigenvalue weighted by Gasteiger charge is -2.18. The van der Waals surface area contributed by atoms with Gasteiger partial charge in [0.05, 0.1) is 0 Å². The summed E-state index contributed by atoms with van der Waals surface area (Å²) in [5.74, 6) is 1.75. The first-order valence-corrected chi connectivity index (χ1v) is 6.95. The van der Waals surface area contributed by atoms with Crippen LogP contribution in [0, 0.1) is 0 Å². The van der Waals surface area contributed by atoms with Gasteiger partial charge in [0, 0.05) is 13.0 Å². The van der Waals surface area contributed by atoms with E-state index in [0.717, 1.165) is 36.3 Å². The Labute approximate surface area is 114 Å². The molecule has 1 aromatic carbocycles. The van der Waals surface area contributed by atoms with Crippen molar-refractivity contribution in [2.75, 3.05) is 19.8 Å². The van der Waals surface area contributed by atoms with Crippen LogP contribution >= 0.6 is 0 Å². The molecule has 0 radical (unpaired) electrons. The highest BCUT2D eigenvalue weighted by molar-refractivity contribution is 5.75. The fourth-order valence-electron chi connectivity index (χ4n) is 2.02. The molecule has 0 atom stereocenters. The largest absolute Gasteiger partial charge is 0.486 e. The van der Waals surface area contributed by atoms with Gasteiger partial charge >= 0.3 is 0 Å². The second-order valence-electron chi connectivity index (χ2n) is 4.68. The Morgan fingerprint density at radius 1 is 1.26 bits per heavy atom. The van der Waals surface area contributed by atoms with E-state index in [2.05, 4.69) is 12.2 Å². The zero-order valence-corrected chi connectivity index (χ0v) is 11.4. The van der Waals surface area contributed by atoms with Crippen LogP contribution in [0.25, 0.3) is 0 Å². The highest BCUT2D eigenvalue weighted by atomic mass is 16.6. The van der Waals surface area contributed by atoms with Gasteiger partial charge in [-0.3, -0.25) is 4.79 Å². The second-order valence-corrected chi connectivity index (χ2v) is 4.68. The van der Waals surface area contributed by atoms with Crippen molar-refractivity contribution in [2.45, 2.75) is 32.6 Å². The van der Waals surface area contributed by atoms with Crippen LogP contribution < -0.4 is 14.8 Å². The minimum Gasteiger partial charge on any atom is -0.486 e. The van der Waals surface area contributed by atoms with Gasteiger partial charge in [0.1, 0.15) is 13.2 Å². The van der Waals surface area contributed by atoms with E-state index >= 15 is 0 Å². The maximum atomic E-state index is 11.5. The van der Waals surface area contributed by atoms with E-state index in [-0.39, 0.29) is 5.91 Å². The molecule has 0 saturated heterocycles. The zero-order valence-electron chi connectivity index (χ0n) is 11.4. The summed E-state index contributed by atoms with van der Waals surface area (Å²) in [6, 6.07) is 5.95. The van der Waals surface area contributed by atoms with Crippen LogP contribution in [-0.2, 0) is 11.2 Å². The van der Waals surface area contributed by atoms with Gasteiger partial charge < -0.3 is 14.8 Å². The third-order valence-electron chi connectivity index (χ3n) is 3.10. The molecule has 1 amide bonds. The maximum absolute atomic E-state index is 11.5. The van der Waals surface area contributed by atoms with Gasteiger partial charge in [-0.2, -0.15) is 0 Å². The molecule has 0 saturated carbocycles. The normalized spacial score (nSPS) is 13.1. The number of ether oxygens (including phenoxy) is 2. The van der Waals surface area contributed by atoms with E-state index < -0.39 is 0 Å². The van der Waals surface area contributed by atoms with Crippen molar-refractivity contribution in [2.24, 2.45) is 0 Å². The van der Waals surface area contributed by atoms with Crippen LogP contribution in [0.1, 0.15) is 31.7 Å². The SMILES string of the molecule is CCCCC(=O)NCCc1ccc2c(c1)OCCO2. The minimum absolute atomic E-state index is 0.138. The van der Waals surface area contributed by atoms with E-state index in [1.165, 1.54) is 0 Å². The number of benzene rings is 1. The predicted molar refractivity (Wildman–Crippen MR) is 73.7 cm³/mol. The molecule has 0 aliphatic carbocycles. The molecule has 0 fully saturated rings. The predicted octanol–water partition coefficient (Wildman–Crippen LogP) is 2.31. The average Bonchev–Trinajstić information content (AvgIpc) is 2.45. The van der Waals surface area contributed by atoms with Crippen molar-refractivity contribution in [1.82, 2.24) is 5.32 Å². The summed E-state index contributed by atoms with van der Waals surface area (Å²) < 4.78 is 11.0. The third-order valence-corrected chi connectivity index (χ3v) is 3.10. The van der Waals surface area contributed by atoms with Crippen molar-refractivity contribution in [3.8, 4) is 11.5 Å². The summed E-state index contributed by atoms with van der Waals surface area (Å²) in [6.45, 7) is 3.97. The first kappa shape index (κ1) is 13.7. The number of hydrogen-bond acceptors (Lipinski definition) is 3. The molecule has 0 bridgehead atoms. The highest BCUT2D eigenvalue weighted by Gasteiger charge is 2.11. The van der Waals surface area contributed by atoms with Gasteiger partial charge in [-0.25, -0.2) is 0 Å². The smallest absolute Gasteiger partial charge is 0.220 e. The molecule has 19 heavy (non-hydrogen) atoms. The van der Waals surface area contributed by atoms with E-state index in [4.69, 9.17) is 9.47 Å². The number of fused-ring (bicyclic) bond motifs is 1. The van der Waals surface area contributed by atoms with Crippen LogP contribution in [0.15, 0.2) is 18.2 Å². The summed E-state index contributed by atoms with van der Waals surface area (Å²) in [7, 11) is 0. The van der Waals surface area contributed by atoms with Crippen LogP contribution in [0.4, 0.5) is 0 Å². The molecule has 2 rings (SSSR count). The lowest BCUT2D eigenvalue weighted by molar-refractivity contribution is -0.121. The number of unbranched alkanes of at least 4 members (excludes halogenated alkanes) is 1. The average molecular weight is 263 g/mol. The van der Waals surface area contributed by atoms with Crippen molar-refractivity contribution in [3.05, 3.63) is 23.8 Å². The maximum Gasteiger partial charge on any atom is 0.220 e. The van der Waals surface area contributed by atoms with E-state index in [1.807, 2.05) is 18.2 Å². The van der Waals surface area contributed by atoms with Gasteiger partial charge in [-0.05, 0) is 30.5 Å². The number of nitrogens with one attached hydrogen (secondary N) is 1. The Morgan fingerprint density at radius 2 is 2.05 bits per heavy atom. The Hall–Kier alpha value is -1.71. The van der Waals surface area contributed by atoms with Gasteiger partial charge in [-0.1, -0.05) is 19.4 Å². The highest BCUT2D eigenvalue weighted by Crippen LogP contribution is 2.30. The molecule has 0 spiro atoms. The van der Waals surface area contributed by atoms with E-state index in [1.54, 1.807) is 0 Å². The van der Waals surface area contributed by atoms with E-state index in [0.29, 0.717) is 26.2 Å². The van der Waals surface area contributed by atoms with Gasteiger partial charge in [-0.15, -0.1) is 0 Å². The van der Waals surface area contributed by atoms with Crippen molar-refractivity contribution in [1.29, 1.82) is 0 Å². The molecule has 0 aromatic heterocycles. The molecule has 0 unspecified atom stereocenters. The fraction of sp³-hybridized carbons (Fsp3) is 0.533. The Morgan fingerprint density at radius 3 is 2.84 bits per heavy atom. The standard InChI is InChI=1S/C15H21NO3/c1-2-3-4-15(17)16-8-7-12-5-6-13-14(11-12)19-10-9-18-13/h5-6,11H,2-4,7-10H2,1H3,(H,16,17). The van der Waals surface area contributed by atoms with Gasteiger partial charge in [0.2, 0.25) is 5.91 Å². The third kappa shape index (κ3) is 4.16. The second kappa shape index (κ2) is 7.02. The molecule has 1 N–H and O–H groups in total. The Balaban J connectivity index is 1.78. The van der Waals surface area contributed by atoms with Gasteiger partial charge in [0.25, 0.3) is 0 Å². The summed E-state index contributed by atoms with van der Waals surface area (Å²) in [6.07, 6.45) is 3.44. The first-order chi connectivity index (χ1) is 9.29. The molecular formula is C15H21NO3. The monoisotopic (exact) mass is 263 g/mol. The molecule has 1 aliphatic rings. The van der Waals surface area contributed by atoms with Crippen LogP contribution in [-0.4, -0.2) is 25.7 Å². The molecule has 1 aromatic rings. The minimum atomic E-state index is 0.138. The van der Waals surface area contributed by atoms with Gasteiger partial charge in [0.15, 0.2) is 11.5 Å². The van der Waals surface area contributed by atoms with E-state index in [9.17, 15) is 4.79 Å². The Bertz CT molecular complexity index is 431. The lowest BCUT2D eigenvalue weighted by Crippen LogP contribution is -2.25. The molecule has 1 heterocycles. The molecule has 4 heteroatoms. The molecular weight excluding hydrogens is 242 g/mol. The number of hydrogen-bond donors (Lipinski definition) is 1. The molecule has 1 aliphatic heterocycles. The number of amides is 1. The molecule has 4 nitrogen and oxygen atoms in total. The number of carbonyl (C=O) groups excluding carboxylic acids is 1. The van der Waals surface area contributed by atoms with Crippen LogP contribution in [0.5, 0.6) is 11.5 Å². The topological polar surface area (TPSA) is 47.6 Å².